The van der Waals surface area contributed by atoms with E-state index in [0.29, 0.717) is 11.5 Å². The summed E-state index contributed by atoms with van der Waals surface area (Å²) in [4.78, 5) is 9.12. The third-order valence-corrected chi connectivity index (χ3v) is 3.82. The average molecular weight is 262 g/mol. The van der Waals surface area contributed by atoms with Gasteiger partial charge in [-0.25, -0.2) is 0 Å². The molecule has 1 saturated heterocycles. The number of likely N-dealkylation sites (N-methyl/N-ethyl adjacent to an activating group) is 1. The minimum atomic E-state index is 0.293. The highest BCUT2D eigenvalue weighted by Gasteiger charge is 2.31. The van der Waals surface area contributed by atoms with Crippen molar-refractivity contribution in [2.45, 2.75) is 26.4 Å². The molecule has 0 aliphatic carbocycles. The SMILES string of the molecule is CN1CC(C)(C)CN(Cc2cccnc2)CC1CN. The van der Waals surface area contributed by atoms with Gasteiger partial charge in [-0.2, -0.15) is 0 Å². The van der Waals surface area contributed by atoms with Gasteiger partial charge in [0.1, 0.15) is 0 Å². The van der Waals surface area contributed by atoms with Crippen LogP contribution in [0.1, 0.15) is 19.4 Å². The van der Waals surface area contributed by atoms with Gasteiger partial charge >= 0.3 is 0 Å². The molecule has 1 aromatic heterocycles. The standard InChI is InChI=1S/C15H26N4/c1-15(2)11-18(3)14(7-16)10-19(12-15)9-13-5-4-6-17-8-13/h4-6,8,14H,7,9-12,16H2,1-3H3. The minimum Gasteiger partial charge on any atom is -0.329 e. The Kier molecular flexibility index (Phi) is 4.55. The van der Waals surface area contributed by atoms with Crippen LogP contribution in [-0.2, 0) is 6.54 Å². The molecule has 0 saturated carbocycles. The number of nitrogens with two attached hydrogens (primary N) is 1. The fourth-order valence-electron chi connectivity index (χ4n) is 3.09. The molecule has 4 nitrogen and oxygen atoms in total. The Hall–Kier alpha value is -0.970. The van der Waals surface area contributed by atoms with Gasteiger partial charge in [0, 0.05) is 51.2 Å². The summed E-state index contributed by atoms with van der Waals surface area (Å²) in [5.74, 6) is 0. The summed E-state index contributed by atoms with van der Waals surface area (Å²) in [5, 5.41) is 0. The van der Waals surface area contributed by atoms with Crippen molar-refractivity contribution in [3.63, 3.8) is 0 Å². The molecule has 2 rings (SSSR count). The number of hydrogen-bond acceptors (Lipinski definition) is 4. The van der Waals surface area contributed by atoms with Crippen molar-refractivity contribution in [3.8, 4) is 0 Å². The highest BCUT2D eigenvalue weighted by Crippen LogP contribution is 2.24. The van der Waals surface area contributed by atoms with E-state index in [2.05, 4.69) is 41.7 Å². The molecule has 0 radical (unpaired) electrons. The molecule has 19 heavy (non-hydrogen) atoms. The van der Waals surface area contributed by atoms with Gasteiger partial charge in [-0.1, -0.05) is 19.9 Å². The van der Waals surface area contributed by atoms with Gasteiger partial charge in [-0.15, -0.1) is 0 Å². The van der Waals surface area contributed by atoms with Crippen molar-refractivity contribution in [1.29, 1.82) is 0 Å². The van der Waals surface area contributed by atoms with Crippen LogP contribution < -0.4 is 5.73 Å². The van der Waals surface area contributed by atoms with Crippen LogP contribution in [0.3, 0.4) is 0 Å². The summed E-state index contributed by atoms with van der Waals surface area (Å²) in [5.41, 5.74) is 7.50. The maximum absolute atomic E-state index is 5.93. The maximum Gasteiger partial charge on any atom is 0.0343 e. The summed E-state index contributed by atoms with van der Waals surface area (Å²) in [6, 6.07) is 4.59. The number of hydrogen-bond donors (Lipinski definition) is 1. The van der Waals surface area contributed by atoms with Crippen molar-refractivity contribution >= 4 is 0 Å². The fraction of sp³-hybridized carbons (Fsp3) is 0.667. The summed E-state index contributed by atoms with van der Waals surface area (Å²) < 4.78 is 0. The van der Waals surface area contributed by atoms with E-state index in [9.17, 15) is 0 Å². The molecule has 0 bridgehead atoms. The van der Waals surface area contributed by atoms with Crippen molar-refractivity contribution < 1.29 is 0 Å². The van der Waals surface area contributed by atoms with Gasteiger partial charge in [0.05, 0.1) is 0 Å². The van der Waals surface area contributed by atoms with Crippen LogP contribution in [0.5, 0.6) is 0 Å². The van der Waals surface area contributed by atoms with Gasteiger partial charge in [0.2, 0.25) is 0 Å². The molecular formula is C15H26N4. The van der Waals surface area contributed by atoms with Crippen molar-refractivity contribution in [2.75, 3.05) is 33.2 Å². The quantitative estimate of drug-likeness (QED) is 0.888. The van der Waals surface area contributed by atoms with Crippen LogP contribution in [-0.4, -0.2) is 54.1 Å². The molecule has 1 aliphatic rings. The largest absolute Gasteiger partial charge is 0.329 e. The highest BCUT2D eigenvalue weighted by atomic mass is 15.2. The van der Waals surface area contributed by atoms with Gasteiger partial charge in [-0.05, 0) is 24.1 Å². The number of pyridine rings is 1. The van der Waals surface area contributed by atoms with Gasteiger partial charge in [0.25, 0.3) is 0 Å². The Morgan fingerprint density at radius 3 is 2.84 bits per heavy atom. The summed E-state index contributed by atoms with van der Waals surface area (Å²) in [6.45, 7) is 9.57. The third kappa shape index (κ3) is 4.00. The molecule has 0 amide bonds. The molecule has 2 N–H and O–H groups in total. The van der Waals surface area contributed by atoms with E-state index in [1.165, 1.54) is 5.56 Å². The van der Waals surface area contributed by atoms with E-state index >= 15 is 0 Å². The van der Waals surface area contributed by atoms with Gasteiger partial charge in [0.15, 0.2) is 0 Å². The third-order valence-electron chi connectivity index (χ3n) is 3.82. The molecule has 1 aliphatic heterocycles. The predicted octanol–water partition coefficient (Wildman–Crippen LogP) is 1.18. The molecule has 1 unspecified atom stereocenters. The van der Waals surface area contributed by atoms with Crippen molar-refractivity contribution in [1.82, 2.24) is 14.8 Å². The molecular weight excluding hydrogens is 236 g/mol. The molecule has 106 valence electrons. The Bertz CT molecular complexity index is 390. The smallest absolute Gasteiger partial charge is 0.0343 e. The van der Waals surface area contributed by atoms with E-state index in [1.807, 2.05) is 18.5 Å². The zero-order valence-corrected chi connectivity index (χ0v) is 12.3. The Labute approximate surface area is 116 Å². The lowest BCUT2D eigenvalue weighted by Crippen LogP contribution is -2.43. The Morgan fingerprint density at radius 2 is 2.21 bits per heavy atom. The average Bonchev–Trinajstić information content (AvgIpc) is 2.45. The zero-order chi connectivity index (χ0) is 13.9. The maximum atomic E-state index is 5.93. The summed E-state index contributed by atoms with van der Waals surface area (Å²) in [6.07, 6.45) is 3.78. The Balaban J connectivity index is 2.10. The summed E-state index contributed by atoms with van der Waals surface area (Å²) >= 11 is 0. The Morgan fingerprint density at radius 1 is 1.42 bits per heavy atom. The van der Waals surface area contributed by atoms with E-state index in [-0.39, 0.29) is 0 Å². The predicted molar refractivity (Wildman–Crippen MR) is 78.8 cm³/mol. The van der Waals surface area contributed by atoms with Crippen molar-refractivity contribution in [3.05, 3.63) is 30.1 Å². The van der Waals surface area contributed by atoms with Crippen LogP contribution in [0.25, 0.3) is 0 Å². The van der Waals surface area contributed by atoms with Gasteiger partial charge < -0.3 is 10.6 Å². The normalized spacial score (nSPS) is 25.2. The van der Waals surface area contributed by atoms with E-state index < -0.39 is 0 Å². The number of nitrogens with zero attached hydrogens (tertiary/aromatic N) is 3. The molecule has 2 heterocycles. The summed E-state index contributed by atoms with van der Waals surface area (Å²) in [7, 11) is 2.19. The second-order valence-corrected chi connectivity index (χ2v) is 6.50. The van der Waals surface area contributed by atoms with Crippen LogP contribution in [0.4, 0.5) is 0 Å². The van der Waals surface area contributed by atoms with Crippen LogP contribution in [0.2, 0.25) is 0 Å². The molecule has 0 spiro atoms. The topological polar surface area (TPSA) is 45.4 Å². The van der Waals surface area contributed by atoms with Crippen LogP contribution in [0.15, 0.2) is 24.5 Å². The van der Waals surface area contributed by atoms with E-state index in [1.54, 1.807) is 0 Å². The molecule has 0 aromatic carbocycles. The fourth-order valence-corrected chi connectivity index (χ4v) is 3.09. The first kappa shape index (κ1) is 14.4. The molecule has 1 atom stereocenters. The molecule has 4 heteroatoms. The second-order valence-electron chi connectivity index (χ2n) is 6.50. The van der Waals surface area contributed by atoms with Crippen LogP contribution >= 0.6 is 0 Å². The van der Waals surface area contributed by atoms with E-state index in [0.717, 1.165) is 32.7 Å². The van der Waals surface area contributed by atoms with Crippen molar-refractivity contribution in [2.24, 2.45) is 11.1 Å². The minimum absolute atomic E-state index is 0.293. The lowest BCUT2D eigenvalue weighted by molar-refractivity contribution is 0.189. The molecule has 1 fully saturated rings. The monoisotopic (exact) mass is 262 g/mol. The second kappa shape index (κ2) is 5.99. The number of rotatable bonds is 3. The highest BCUT2D eigenvalue weighted by molar-refractivity contribution is 5.08. The first-order valence-electron chi connectivity index (χ1n) is 7.02. The number of aromatic nitrogens is 1. The molecule has 1 aromatic rings. The van der Waals surface area contributed by atoms with E-state index in [4.69, 9.17) is 5.73 Å². The van der Waals surface area contributed by atoms with Crippen LogP contribution in [0, 0.1) is 5.41 Å². The van der Waals surface area contributed by atoms with Gasteiger partial charge in [-0.3, -0.25) is 9.88 Å². The lowest BCUT2D eigenvalue weighted by atomic mass is 9.92. The lowest BCUT2D eigenvalue weighted by Gasteiger charge is -2.30. The first-order valence-corrected chi connectivity index (χ1v) is 7.02. The first-order chi connectivity index (χ1) is 9.00. The zero-order valence-electron chi connectivity index (χ0n) is 12.3.